The molecule has 0 aliphatic heterocycles. The van der Waals surface area contributed by atoms with Gasteiger partial charge < -0.3 is 9.72 Å². The standard InChI is InChI=1S/C18H18N4O3S/c1-10-11(2)26-18-16(10)17(24)20-14(21-18)8-15(23)22-19-9-12-4-6-13(25-3)7-5-12/h4-7,9H,8H2,1-3H3,(H,22,23)(H,20,21,24)/b19-9-. The molecule has 1 aromatic carbocycles. The molecule has 0 aliphatic carbocycles. The topological polar surface area (TPSA) is 96.4 Å². The van der Waals surface area contributed by atoms with Crippen LogP contribution in [0.2, 0.25) is 0 Å². The van der Waals surface area contributed by atoms with Crippen molar-refractivity contribution in [2.75, 3.05) is 7.11 Å². The maximum Gasteiger partial charge on any atom is 0.259 e. The number of hydrogen-bond donors (Lipinski definition) is 2. The van der Waals surface area contributed by atoms with E-state index in [9.17, 15) is 9.59 Å². The number of hydrazone groups is 1. The van der Waals surface area contributed by atoms with Crippen molar-refractivity contribution in [3.63, 3.8) is 0 Å². The van der Waals surface area contributed by atoms with E-state index >= 15 is 0 Å². The Balaban J connectivity index is 1.67. The molecule has 7 nitrogen and oxygen atoms in total. The number of fused-ring (bicyclic) bond motifs is 1. The molecule has 1 amide bonds. The number of H-pyrrole nitrogens is 1. The van der Waals surface area contributed by atoms with Gasteiger partial charge in [0.1, 0.15) is 16.4 Å². The van der Waals surface area contributed by atoms with E-state index in [0.717, 1.165) is 21.8 Å². The number of hydrogen-bond acceptors (Lipinski definition) is 6. The third kappa shape index (κ3) is 3.80. The molecule has 3 aromatic rings. The smallest absolute Gasteiger partial charge is 0.259 e. The van der Waals surface area contributed by atoms with Crippen molar-refractivity contribution < 1.29 is 9.53 Å². The van der Waals surface area contributed by atoms with Crippen LogP contribution in [0.3, 0.4) is 0 Å². The van der Waals surface area contributed by atoms with Gasteiger partial charge in [0, 0.05) is 4.88 Å². The van der Waals surface area contributed by atoms with E-state index in [1.807, 2.05) is 26.0 Å². The molecule has 8 heteroatoms. The van der Waals surface area contributed by atoms with Crippen LogP contribution in [0, 0.1) is 13.8 Å². The van der Waals surface area contributed by atoms with Crippen LogP contribution >= 0.6 is 11.3 Å². The van der Waals surface area contributed by atoms with E-state index in [4.69, 9.17) is 4.74 Å². The number of carbonyl (C=O) groups is 1. The second-order valence-electron chi connectivity index (χ2n) is 5.72. The maximum atomic E-state index is 12.2. The Morgan fingerprint density at radius 3 is 2.77 bits per heavy atom. The Morgan fingerprint density at radius 2 is 2.08 bits per heavy atom. The minimum absolute atomic E-state index is 0.0544. The SMILES string of the molecule is COc1ccc(/C=N\NC(=O)Cc2nc3sc(C)c(C)c3c(=O)[nH]2)cc1. The minimum Gasteiger partial charge on any atom is -0.497 e. The van der Waals surface area contributed by atoms with Gasteiger partial charge in [0.2, 0.25) is 5.91 Å². The molecule has 3 rings (SSSR count). The number of aromatic amines is 1. The number of rotatable bonds is 5. The first-order chi connectivity index (χ1) is 12.5. The Morgan fingerprint density at radius 1 is 1.35 bits per heavy atom. The number of aromatic nitrogens is 2. The van der Waals surface area contributed by atoms with Crippen LogP contribution in [-0.2, 0) is 11.2 Å². The highest BCUT2D eigenvalue weighted by Crippen LogP contribution is 2.25. The molecule has 2 heterocycles. The van der Waals surface area contributed by atoms with Crippen molar-refractivity contribution in [2.24, 2.45) is 5.10 Å². The zero-order valence-electron chi connectivity index (χ0n) is 14.6. The number of thiophene rings is 1. The summed E-state index contributed by atoms with van der Waals surface area (Å²) in [5.74, 6) is 0.707. The molecule has 26 heavy (non-hydrogen) atoms. The summed E-state index contributed by atoms with van der Waals surface area (Å²) in [5.41, 5.74) is 3.96. The van der Waals surface area contributed by atoms with Crippen LogP contribution in [0.5, 0.6) is 5.75 Å². The van der Waals surface area contributed by atoms with Gasteiger partial charge in [0.25, 0.3) is 5.56 Å². The van der Waals surface area contributed by atoms with Crippen LogP contribution in [0.4, 0.5) is 0 Å². The van der Waals surface area contributed by atoms with Gasteiger partial charge in [-0.2, -0.15) is 5.10 Å². The molecule has 2 N–H and O–H groups in total. The monoisotopic (exact) mass is 370 g/mol. The van der Waals surface area contributed by atoms with E-state index in [1.165, 1.54) is 17.6 Å². The number of methoxy groups -OCH3 is 1. The summed E-state index contributed by atoms with van der Waals surface area (Å²) in [7, 11) is 1.60. The Hall–Kier alpha value is -3.00. The highest BCUT2D eigenvalue weighted by atomic mass is 32.1. The normalized spacial score (nSPS) is 11.2. The van der Waals surface area contributed by atoms with Crippen LogP contribution in [0.15, 0.2) is 34.2 Å². The third-order valence-electron chi connectivity index (χ3n) is 3.93. The molecule has 134 valence electrons. The van der Waals surface area contributed by atoms with Gasteiger partial charge in [0.05, 0.1) is 25.1 Å². The summed E-state index contributed by atoms with van der Waals surface area (Å²) in [6.45, 7) is 3.84. The highest BCUT2D eigenvalue weighted by Gasteiger charge is 2.13. The first kappa shape index (κ1) is 17.8. The number of ether oxygens (including phenoxy) is 1. The summed E-state index contributed by atoms with van der Waals surface area (Å²) < 4.78 is 5.08. The van der Waals surface area contributed by atoms with Crippen molar-refractivity contribution in [2.45, 2.75) is 20.3 Å². The lowest BCUT2D eigenvalue weighted by Gasteiger charge is -2.01. The van der Waals surface area contributed by atoms with Gasteiger partial charge in [-0.05, 0) is 49.2 Å². The second kappa shape index (κ2) is 7.49. The van der Waals surface area contributed by atoms with Gasteiger partial charge in [-0.3, -0.25) is 9.59 Å². The van der Waals surface area contributed by atoms with Crippen molar-refractivity contribution in [3.05, 3.63) is 56.4 Å². The molecule has 0 bridgehead atoms. The van der Waals surface area contributed by atoms with Crippen LogP contribution in [-0.4, -0.2) is 29.2 Å². The number of nitrogens with one attached hydrogen (secondary N) is 2. The van der Waals surface area contributed by atoms with Crippen LogP contribution < -0.4 is 15.7 Å². The second-order valence-corrected chi connectivity index (χ2v) is 6.92. The van der Waals surface area contributed by atoms with Crippen molar-refractivity contribution in [1.29, 1.82) is 0 Å². The van der Waals surface area contributed by atoms with Crippen molar-refractivity contribution in [1.82, 2.24) is 15.4 Å². The fraction of sp³-hybridized carbons (Fsp3) is 0.222. The molecule has 0 aliphatic rings. The summed E-state index contributed by atoms with van der Waals surface area (Å²) in [4.78, 5) is 33.0. The quantitative estimate of drug-likeness (QED) is 0.532. The Bertz CT molecular complexity index is 1040. The van der Waals surface area contributed by atoms with Gasteiger partial charge >= 0.3 is 0 Å². The van der Waals surface area contributed by atoms with Gasteiger partial charge in [0.15, 0.2) is 0 Å². The number of aryl methyl sites for hydroxylation is 2. The predicted molar refractivity (Wildman–Crippen MR) is 102 cm³/mol. The summed E-state index contributed by atoms with van der Waals surface area (Å²) in [6, 6.07) is 7.25. The zero-order valence-corrected chi connectivity index (χ0v) is 15.4. The Labute approximate surface area is 153 Å². The summed E-state index contributed by atoms with van der Waals surface area (Å²) in [5, 5.41) is 4.51. The average molecular weight is 370 g/mol. The summed E-state index contributed by atoms with van der Waals surface area (Å²) in [6.07, 6.45) is 1.48. The van der Waals surface area contributed by atoms with Gasteiger partial charge in [-0.15, -0.1) is 11.3 Å². The lowest BCUT2D eigenvalue weighted by Crippen LogP contribution is -2.23. The number of carbonyl (C=O) groups excluding carboxylic acids is 1. The maximum absolute atomic E-state index is 12.2. The molecule has 0 fully saturated rings. The van der Waals surface area contributed by atoms with Crippen molar-refractivity contribution in [3.8, 4) is 5.75 Å². The predicted octanol–water partition coefficient (Wildman–Crippen LogP) is 2.30. The molecule has 0 radical (unpaired) electrons. The minimum atomic E-state index is -0.359. The largest absolute Gasteiger partial charge is 0.497 e. The first-order valence-corrected chi connectivity index (χ1v) is 8.74. The van der Waals surface area contributed by atoms with E-state index < -0.39 is 0 Å². The van der Waals surface area contributed by atoms with Crippen LogP contribution in [0.25, 0.3) is 10.2 Å². The van der Waals surface area contributed by atoms with Crippen LogP contribution in [0.1, 0.15) is 21.8 Å². The lowest BCUT2D eigenvalue weighted by atomic mass is 10.2. The van der Waals surface area contributed by atoms with E-state index in [0.29, 0.717) is 16.0 Å². The van der Waals surface area contributed by atoms with Gasteiger partial charge in [-0.1, -0.05) is 0 Å². The first-order valence-electron chi connectivity index (χ1n) is 7.93. The van der Waals surface area contributed by atoms with E-state index in [2.05, 4.69) is 20.5 Å². The number of benzene rings is 1. The van der Waals surface area contributed by atoms with Crippen molar-refractivity contribution >= 4 is 33.7 Å². The molecule has 0 spiro atoms. The molecular formula is C18H18N4O3S. The van der Waals surface area contributed by atoms with Gasteiger partial charge in [-0.25, -0.2) is 10.4 Å². The fourth-order valence-electron chi connectivity index (χ4n) is 2.44. The third-order valence-corrected chi connectivity index (χ3v) is 5.04. The van der Waals surface area contributed by atoms with E-state index in [-0.39, 0.29) is 17.9 Å². The average Bonchev–Trinajstić information content (AvgIpc) is 2.90. The van der Waals surface area contributed by atoms with E-state index in [1.54, 1.807) is 19.2 Å². The lowest BCUT2D eigenvalue weighted by molar-refractivity contribution is -0.120. The fourth-order valence-corrected chi connectivity index (χ4v) is 3.49. The Kier molecular flexibility index (Phi) is 5.13. The molecule has 0 unspecified atom stereocenters. The molecule has 0 atom stereocenters. The zero-order chi connectivity index (χ0) is 18.7. The molecular weight excluding hydrogens is 352 g/mol. The highest BCUT2D eigenvalue weighted by molar-refractivity contribution is 7.18. The number of nitrogens with zero attached hydrogens (tertiary/aromatic N) is 2. The molecule has 0 saturated carbocycles. The molecule has 0 saturated heterocycles. The number of amides is 1. The summed E-state index contributed by atoms with van der Waals surface area (Å²) >= 11 is 1.45. The molecule has 2 aromatic heterocycles.